The van der Waals surface area contributed by atoms with Crippen molar-refractivity contribution in [2.75, 3.05) is 0 Å². The van der Waals surface area contributed by atoms with Gasteiger partial charge in [-0.2, -0.15) is 0 Å². The Bertz CT molecular complexity index is 5590. The summed E-state index contributed by atoms with van der Waals surface area (Å²) in [6, 6.07) is 108. The Labute approximate surface area is 647 Å². The Morgan fingerprint density at radius 3 is 0.645 bits per heavy atom. The van der Waals surface area contributed by atoms with E-state index < -0.39 is 0 Å². The fourth-order valence-electron chi connectivity index (χ4n) is 17.6. The highest BCUT2D eigenvalue weighted by molar-refractivity contribution is 6.04. The van der Waals surface area contributed by atoms with Crippen molar-refractivity contribution in [3.8, 4) is 0 Å². The second kappa shape index (κ2) is 34.2. The van der Waals surface area contributed by atoms with Crippen LogP contribution < -0.4 is 22.2 Å². The number of nitrogens with zero attached hydrogens (tertiary/aromatic N) is 4. The van der Waals surface area contributed by atoms with Crippen LogP contribution in [0, 0.1) is 96.5 Å². The van der Waals surface area contributed by atoms with E-state index in [0.717, 1.165) is 157 Å². The van der Waals surface area contributed by atoms with E-state index in [2.05, 4.69) is 100 Å². The fourth-order valence-corrected chi connectivity index (χ4v) is 17.6. The molecular formula is C102H94N4O4. The molecule has 9 aromatic carbocycles. The van der Waals surface area contributed by atoms with E-state index in [0.29, 0.717) is 77.5 Å². The van der Waals surface area contributed by atoms with E-state index >= 15 is 19.2 Å². The lowest BCUT2D eigenvalue weighted by Gasteiger charge is -2.29. The molecule has 0 saturated heterocycles. The second-order valence-corrected chi connectivity index (χ2v) is 31.1. The Hall–Kier alpha value is -11.8. The van der Waals surface area contributed by atoms with Crippen molar-refractivity contribution < 1.29 is 0 Å². The van der Waals surface area contributed by atoms with Gasteiger partial charge in [0.05, 0.1) is 10.8 Å². The minimum atomic E-state index is -0.116. The highest BCUT2D eigenvalue weighted by Gasteiger charge is 2.27. The molecule has 0 spiro atoms. The number of fused-ring (bicyclic) bond motifs is 2. The summed E-state index contributed by atoms with van der Waals surface area (Å²) in [6.45, 7) is 8.74. The van der Waals surface area contributed by atoms with Crippen LogP contribution in [-0.4, -0.2) is 18.3 Å². The highest BCUT2D eigenvalue weighted by Crippen LogP contribution is 2.37. The van der Waals surface area contributed by atoms with Gasteiger partial charge in [0.2, 0.25) is 0 Å². The van der Waals surface area contributed by atoms with E-state index in [9.17, 15) is 0 Å². The molecule has 0 aliphatic heterocycles. The Morgan fingerprint density at radius 1 is 0.227 bits per heavy atom. The predicted octanol–water partition coefficient (Wildman–Crippen LogP) is 23.9. The van der Waals surface area contributed by atoms with Crippen molar-refractivity contribution in [3.63, 3.8) is 0 Å². The molecule has 546 valence electrons. The number of hydrogen-bond acceptors (Lipinski definition) is 4. The average Bonchev–Trinajstić information content (AvgIpc) is 0.795. The molecule has 10 heterocycles. The van der Waals surface area contributed by atoms with Crippen LogP contribution in [0.15, 0.2) is 225 Å². The number of rotatable bonds is 8. The summed E-state index contributed by atoms with van der Waals surface area (Å²) in [5, 5.41) is 10.5. The predicted molar refractivity (Wildman–Crippen MR) is 453 cm³/mol. The summed E-state index contributed by atoms with van der Waals surface area (Å²) in [5.41, 5.74) is 2.71. The summed E-state index contributed by atoms with van der Waals surface area (Å²) in [4.78, 5) is 60.8. The molecule has 8 nitrogen and oxygen atoms in total. The van der Waals surface area contributed by atoms with Crippen molar-refractivity contribution in [3.05, 3.63) is 320 Å². The lowest BCUT2D eigenvalue weighted by atomic mass is 9.84. The van der Waals surface area contributed by atoms with E-state index in [1.807, 2.05) is 225 Å². The van der Waals surface area contributed by atoms with E-state index in [1.165, 1.54) is 25.7 Å². The molecule has 4 fully saturated rings. The maximum atomic E-state index is 15.3. The zero-order chi connectivity index (χ0) is 75.5. The van der Waals surface area contributed by atoms with Gasteiger partial charge in [-0.1, -0.05) is 174 Å². The van der Waals surface area contributed by atoms with E-state index in [-0.39, 0.29) is 46.4 Å². The number of aromatic nitrogens is 4. The summed E-state index contributed by atoms with van der Waals surface area (Å²) in [7, 11) is 0. The molecule has 110 heavy (non-hydrogen) atoms. The van der Waals surface area contributed by atoms with Gasteiger partial charge >= 0.3 is 0 Å². The first-order valence-corrected chi connectivity index (χ1v) is 40.3. The van der Waals surface area contributed by atoms with Crippen LogP contribution in [0.2, 0.25) is 0 Å². The molecule has 23 rings (SSSR count). The third-order valence-corrected chi connectivity index (χ3v) is 24.2. The van der Waals surface area contributed by atoms with Gasteiger partial charge in [0.15, 0.2) is 0 Å². The Balaban J connectivity index is 0.994. The molecule has 10 aromatic heterocycles. The van der Waals surface area contributed by atoms with E-state index in [4.69, 9.17) is 0 Å². The lowest BCUT2D eigenvalue weighted by Crippen LogP contribution is -2.29. The van der Waals surface area contributed by atoms with Gasteiger partial charge in [0.1, 0.15) is 0 Å². The van der Waals surface area contributed by atoms with Crippen LogP contribution in [0.1, 0.15) is 180 Å². The SMILES string of the molecule is C[C@H](C1CCCCC1)n1c(=O)c2ccc(cc2)c(=O)n([C@H](C)C2CCCCC2)c2ccc(c#cc3ccc4c#cc5ccc(cc5)n([C@H](C)C5CCCCC5)c(=O)c5ccc(cc5)c(=O)n([C@H](C)C5CCCCC5)c5ccc(c#cc6ccccc6c#cc4c3c#cc3ccccc3c#cc3ccc1cc3)cc5)cc2. The monoisotopic (exact) mass is 1440 g/mol. The fraction of sp³-hybridized carbons (Fsp3) is 0.314. The van der Waals surface area contributed by atoms with Gasteiger partial charge in [-0.15, -0.1) is 0 Å². The summed E-state index contributed by atoms with van der Waals surface area (Å²) in [6.07, 6.45) is 22.3. The average molecular weight is 1440 g/mol. The zero-order valence-corrected chi connectivity index (χ0v) is 63.8. The van der Waals surface area contributed by atoms with Crippen molar-refractivity contribution in [1.82, 2.24) is 18.3 Å². The summed E-state index contributed by atoms with van der Waals surface area (Å²) < 4.78 is 7.86. The van der Waals surface area contributed by atoms with Gasteiger partial charge in [-0.3, -0.25) is 19.2 Å². The quantitative estimate of drug-likeness (QED) is 0.152. The third-order valence-electron chi connectivity index (χ3n) is 24.2. The van der Waals surface area contributed by atoms with Crippen molar-refractivity contribution in [1.29, 1.82) is 0 Å². The molecule has 4 aliphatic rings. The van der Waals surface area contributed by atoms with E-state index in [1.54, 1.807) is 0 Å². The molecule has 8 heteroatoms. The van der Waals surface area contributed by atoms with Gasteiger partial charge in [0, 0.05) is 122 Å². The molecule has 4 atom stereocenters. The Morgan fingerprint density at radius 2 is 0.427 bits per heavy atom. The molecule has 0 N–H and O–H groups in total. The smallest absolute Gasteiger partial charge is 0.258 e. The third kappa shape index (κ3) is 16.6. The van der Waals surface area contributed by atoms with Crippen LogP contribution in [0.25, 0.3) is 108 Å². The van der Waals surface area contributed by atoms with Gasteiger partial charge < -0.3 is 18.3 Å². The molecular weight excluding hydrogens is 1350 g/mol. The first kappa shape index (κ1) is 73.7. The summed E-state index contributed by atoms with van der Waals surface area (Å²) in [5.74, 6) is 1.32. The first-order chi connectivity index (χ1) is 53.9. The molecule has 0 radical (unpaired) electrons. The van der Waals surface area contributed by atoms with Crippen LogP contribution >= 0.6 is 0 Å². The van der Waals surface area contributed by atoms with Gasteiger partial charge in [-0.25, -0.2) is 0 Å². The maximum absolute atomic E-state index is 15.3. The van der Waals surface area contributed by atoms with Crippen LogP contribution in [-0.2, 0) is 0 Å². The standard InChI is InChI=1S/C102H94N4O4/c1-71(79-21-9-5-10-22-79)103-93-61-37-75(38-62-93)33-45-83-29-17-19-31-85(83)59-69-97-87(47-35-77-41-65-95(66-42-77)105(73(3)81-25-13-7-14-26-81)101(109)91-55-51-89(52-56-91)99(103)107)49-50-88-48-36-78-43-67-96(68-44-78)106(74(4)82-27-15-8-16-28-82)102(110)92-57-53-90(54-58-92)100(108)104(72(2)80-23-11-6-12-24-80)94-63-39-76(40-64-94)34-46-84-30-18-20-32-86(84)60-70-98(88)97/h17-20,29-32,37-44,49-58,61-68,71-74,79-82H,5-16,21-28H2,1-4H3/t71-,72-,73-,74-/m1/s1. The minimum Gasteiger partial charge on any atom is -0.305 e. The normalized spacial score (nSPS) is 16.0. The van der Waals surface area contributed by atoms with Crippen molar-refractivity contribution in [2.45, 2.75) is 180 Å². The minimum absolute atomic E-state index is 0.0696. The highest BCUT2D eigenvalue weighted by atomic mass is 16.1. The van der Waals surface area contributed by atoms with Crippen LogP contribution in [0.4, 0.5) is 0 Å². The lowest BCUT2D eigenvalue weighted by molar-refractivity contribution is 0.265. The van der Waals surface area contributed by atoms with Crippen LogP contribution in [0.3, 0.4) is 0 Å². The maximum Gasteiger partial charge on any atom is 0.258 e. The zero-order valence-electron chi connectivity index (χ0n) is 63.8. The molecule has 0 amide bonds. The van der Waals surface area contributed by atoms with Gasteiger partial charge in [0.25, 0.3) is 22.2 Å². The topological polar surface area (TPSA) is 88.0 Å². The molecule has 19 aromatic rings. The number of benzene rings is 9. The molecule has 12 bridgehead atoms. The largest absolute Gasteiger partial charge is 0.305 e. The first-order valence-electron chi connectivity index (χ1n) is 40.3. The molecule has 4 saturated carbocycles. The molecule has 0 unspecified atom stereocenters. The van der Waals surface area contributed by atoms with Crippen molar-refractivity contribution in [2.24, 2.45) is 23.7 Å². The molecule has 4 aliphatic carbocycles. The van der Waals surface area contributed by atoms with Crippen molar-refractivity contribution >= 4 is 108 Å². The Kier molecular flexibility index (Phi) is 22.9. The van der Waals surface area contributed by atoms with Crippen LogP contribution in [0.5, 0.6) is 0 Å². The van der Waals surface area contributed by atoms with Gasteiger partial charge in [-0.05, 0) is 285 Å². The second-order valence-electron chi connectivity index (χ2n) is 31.1. The number of hydrogen-bond donors (Lipinski definition) is 0. The summed E-state index contributed by atoms with van der Waals surface area (Å²) >= 11 is 0.